The zero-order chi connectivity index (χ0) is 24.7. The number of fused-ring (bicyclic) bond motifs is 2. The first kappa shape index (κ1) is 22.4. The third-order valence-electron chi connectivity index (χ3n) is 5.56. The van der Waals surface area contributed by atoms with Crippen LogP contribution in [0, 0.1) is 6.92 Å². The Morgan fingerprint density at radius 1 is 1.06 bits per heavy atom. The van der Waals surface area contributed by atoms with E-state index in [1.165, 1.54) is 14.2 Å². The summed E-state index contributed by atoms with van der Waals surface area (Å²) in [5.74, 6) is 0.590. The normalized spacial score (nSPS) is 11.1. The summed E-state index contributed by atoms with van der Waals surface area (Å²) < 4.78 is 16.0. The smallest absolute Gasteiger partial charge is 0.347 e. The average Bonchev–Trinajstić information content (AvgIpc) is 3.20. The Morgan fingerprint density at radius 3 is 2.57 bits per heavy atom. The van der Waals surface area contributed by atoms with Gasteiger partial charge in [-0.15, -0.1) is 11.3 Å². The molecule has 3 aromatic heterocycles. The fourth-order valence-corrected chi connectivity index (χ4v) is 4.94. The van der Waals surface area contributed by atoms with Crippen molar-refractivity contribution in [3.63, 3.8) is 0 Å². The zero-order valence-corrected chi connectivity index (χ0v) is 19.7. The summed E-state index contributed by atoms with van der Waals surface area (Å²) >= 11 is 1.07. The molecule has 10 heteroatoms. The van der Waals surface area contributed by atoms with Crippen molar-refractivity contribution in [2.24, 2.45) is 0 Å². The van der Waals surface area contributed by atoms with Gasteiger partial charge >= 0.3 is 5.63 Å². The van der Waals surface area contributed by atoms with Crippen LogP contribution in [0.5, 0.6) is 11.5 Å². The Balaban J connectivity index is 1.60. The van der Waals surface area contributed by atoms with Gasteiger partial charge in [-0.2, -0.15) is 0 Å². The number of amides is 1. The largest absolute Gasteiger partial charge is 0.495 e. The molecule has 35 heavy (non-hydrogen) atoms. The minimum atomic E-state index is -0.674. The highest BCUT2D eigenvalue weighted by molar-refractivity contribution is 7.20. The molecule has 0 saturated heterocycles. The number of hydrogen-bond acceptors (Lipinski definition) is 8. The molecular weight excluding hydrogens is 470 g/mol. The van der Waals surface area contributed by atoms with Gasteiger partial charge in [0.2, 0.25) is 0 Å². The molecule has 0 bridgehead atoms. The highest BCUT2D eigenvalue weighted by Gasteiger charge is 2.22. The van der Waals surface area contributed by atoms with E-state index in [1.54, 1.807) is 55.5 Å². The third-order valence-corrected chi connectivity index (χ3v) is 6.75. The number of aromatic nitrogens is 2. The van der Waals surface area contributed by atoms with E-state index in [0.717, 1.165) is 11.3 Å². The van der Waals surface area contributed by atoms with Crippen molar-refractivity contribution in [1.29, 1.82) is 0 Å². The number of aromatic amines is 1. The number of methoxy groups -OCH3 is 2. The first-order valence-electron chi connectivity index (χ1n) is 10.5. The van der Waals surface area contributed by atoms with Crippen LogP contribution in [0.15, 0.2) is 62.5 Å². The number of carbonyl (C=O) groups is 1. The average molecular weight is 490 g/mol. The van der Waals surface area contributed by atoms with Gasteiger partial charge in [0.05, 0.1) is 30.2 Å². The van der Waals surface area contributed by atoms with Gasteiger partial charge in [-0.3, -0.25) is 9.59 Å². The van der Waals surface area contributed by atoms with Crippen LogP contribution in [0.3, 0.4) is 0 Å². The second-order valence-corrected chi connectivity index (χ2v) is 8.63. The molecule has 0 saturated carbocycles. The van der Waals surface area contributed by atoms with E-state index in [0.29, 0.717) is 43.4 Å². The highest BCUT2D eigenvalue weighted by Crippen LogP contribution is 2.31. The quantitative estimate of drug-likeness (QED) is 0.352. The maximum Gasteiger partial charge on any atom is 0.347 e. The van der Waals surface area contributed by atoms with Crippen molar-refractivity contribution in [2.75, 3.05) is 19.5 Å². The molecule has 2 aromatic carbocycles. The maximum atomic E-state index is 13.0. The van der Waals surface area contributed by atoms with Crippen LogP contribution in [-0.4, -0.2) is 30.1 Å². The van der Waals surface area contributed by atoms with Crippen LogP contribution >= 0.6 is 11.3 Å². The third kappa shape index (κ3) is 3.83. The fourth-order valence-electron chi connectivity index (χ4n) is 3.86. The van der Waals surface area contributed by atoms with E-state index >= 15 is 0 Å². The Morgan fingerprint density at radius 2 is 1.80 bits per heavy atom. The van der Waals surface area contributed by atoms with E-state index in [-0.39, 0.29) is 16.8 Å². The number of H-pyrrole nitrogens is 1. The topological polar surface area (TPSA) is 124 Å². The predicted octanol–water partition coefficient (Wildman–Crippen LogP) is 4.34. The molecule has 0 aliphatic rings. The fraction of sp³-hybridized carbons (Fsp3) is 0.120. The van der Waals surface area contributed by atoms with Crippen LogP contribution in [0.25, 0.3) is 32.6 Å². The van der Waals surface area contributed by atoms with E-state index in [9.17, 15) is 14.4 Å². The number of nitrogens with zero attached hydrogens (tertiary/aromatic N) is 1. The molecular formula is C25H19N3O6S. The van der Waals surface area contributed by atoms with Crippen LogP contribution in [-0.2, 0) is 0 Å². The molecule has 2 N–H and O–H groups in total. The molecule has 1 amide bonds. The zero-order valence-electron chi connectivity index (χ0n) is 18.9. The molecule has 0 spiro atoms. The summed E-state index contributed by atoms with van der Waals surface area (Å²) in [5, 5.41) is 3.71. The monoisotopic (exact) mass is 489 g/mol. The molecule has 3 heterocycles. The van der Waals surface area contributed by atoms with Gasteiger partial charge in [-0.1, -0.05) is 24.3 Å². The maximum absolute atomic E-state index is 13.0. The summed E-state index contributed by atoms with van der Waals surface area (Å²) in [6.07, 6.45) is 0. The second-order valence-electron chi connectivity index (χ2n) is 7.63. The van der Waals surface area contributed by atoms with E-state index in [2.05, 4.69) is 15.3 Å². The van der Waals surface area contributed by atoms with Gasteiger partial charge in [-0.05, 0) is 36.8 Å². The predicted molar refractivity (Wildman–Crippen MR) is 134 cm³/mol. The van der Waals surface area contributed by atoms with Gasteiger partial charge in [0.1, 0.15) is 22.0 Å². The summed E-state index contributed by atoms with van der Waals surface area (Å²) in [7, 11) is 3.00. The molecule has 5 rings (SSSR count). The number of nitrogens with one attached hydrogen (secondary N) is 2. The second kappa shape index (κ2) is 8.73. The summed E-state index contributed by atoms with van der Waals surface area (Å²) in [5.41, 5.74) is 0.258. The Bertz CT molecular complexity index is 1730. The van der Waals surface area contributed by atoms with Gasteiger partial charge < -0.3 is 24.2 Å². The van der Waals surface area contributed by atoms with Crippen molar-refractivity contribution in [2.45, 2.75) is 6.92 Å². The van der Waals surface area contributed by atoms with E-state index in [1.807, 2.05) is 0 Å². The number of aryl methyl sites for hydroxylation is 1. The van der Waals surface area contributed by atoms with Crippen molar-refractivity contribution < 1.29 is 18.7 Å². The number of ether oxygens (including phenoxy) is 2. The summed E-state index contributed by atoms with van der Waals surface area (Å²) in [6, 6.07) is 13.8. The molecule has 0 radical (unpaired) electrons. The van der Waals surface area contributed by atoms with Crippen LogP contribution in [0.4, 0.5) is 5.69 Å². The molecule has 0 atom stereocenters. The number of thiophene rings is 1. The van der Waals surface area contributed by atoms with Crippen molar-refractivity contribution in [3.8, 4) is 22.9 Å². The number of carbonyl (C=O) groups excluding carboxylic acids is 1. The van der Waals surface area contributed by atoms with Gasteiger partial charge in [0.15, 0.2) is 11.3 Å². The molecule has 176 valence electrons. The van der Waals surface area contributed by atoms with Crippen molar-refractivity contribution in [1.82, 2.24) is 9.97 Å². The number of rotatable bonds is 5. The molecule has 0 fully saturated rings. The lowest BCUT2D eigenvalue weighted by Gasteiger charge is -2.09. The first-order valence-corrected chi connectivity index (χ1v) is 11.3. The minimum absolute atomic E-state index is 0.0545. The molecule has 5 aromatic rings. The van der Waals surface area contributed by atoms with E-state index < -0.39 is 17.1 Å². The highest BCUT2D eigenvalue weighted by atomic mass is 32.1. The minimum Gasteiger partial charge on any atom is -0.495 e. The molecule has 0 aliphatic heterocycles. The number of benzene rings is 2. The summed E-state index contributed by atoms with van der Waals surface area (Å²) in [6.45, 7) is 1.68. The number of anilines is 1. The van der Waals surface area contributed by atoms with Gasteiger partial charge in [-0.25, -0.2) is 9.78 Å². The number of hydrogen-bond donors (Lipinski definition) is 2. The first-order chi connectivity index (χ1) is 16.9. The van der Waals surface area contributed by atoms with E-state index in [4.69, 9.17) is 13.9 Å². The standard InChI is InChI=1S/C25H19N3O6S/c1-12-18-22(29)27-21(14-11-13-7-6-10-17(33-3)19(13)34-25(14)31)28-24(18)35-20(12)23(30)26-15-8-4-5-9-16(15)32-2/h4-11H,1-3H3,(H,26,30)(H,27,28,29). The Labute approximate surface area is 202 Å². The van der Waals surface area contributed by atoms with Crippen LogP contribution in [0.1, 0.15) is 15.2 Å². The van der Waals surface area contributed by atoms with Crippen LogP contribution in [0.2, 0.25) is 0 Å². The molecule has 0 unspecified atom stereocenters. The summed E-state index contributed by atoms with van der Waals surface area (Å²) in [4.78, 5) is 46.5. The SMILES string of the molecule is COc1ccccc1NC(=O)c1sc2nc(-c3cc4cccc(OC)c4oc3=O)[nH]c(=O)c2c1C. The lowest BCUT2D eigenvalue weighted by molar-refractivity contribution is 0.102. The van der Waals surface area contributed by atoms with Crippen molar-refractivity contribution in [3.05, 3.63) is 79.7 Å². The van der Waals surface area contributed by atoms with Crippen molar-refractivity contribution >= 4 is 44.1 Å². The van der Waals surface area contributed by atoms with Gasteiger partial charge in [0.25, 0.3) is 11.5 Å². The van der Waals surface area contributed by atoms with Crippen LogP contribution < -0.4 is 26.0 Å². The number of para-hydroxylation sites is 3. The Hall–Kier alpha value is -4.44. The Kier molecular flexibility index (Phi) is 5.58. The lowest BCUT2D eigenvalue weighted by Crippen LogP contribution is -2.14. The molecule has 0 aliphatic carbocycles. The van der Waals surface area contributed by atoms with Gasteiger partial charge in [0, 0.05) is 5.39 Å². The lowest BCUT2D eigenvalue weighted by atomic mass is 10.1. The molecule has 9 nitrogen and oxygen atoms in total.